The smallest absolute Gasteiger partial charge is 0.254 e. The van der Waals surface area contributed by atoms with E-state index in [1.165, 1.54) is 5.56 Å². The molecule has 1 aliphatic rings. The average Bonchev–Trinajstić information content (AvgIpc) is 3.09. The van der Waals surface area contributed by atoms with E-state index in [4.69, 9.17) is 0 Å². The largest absolute Gasteiger partial charge is 0.336 e. The summed E-state index contributed by atoms with van der Waals surface area (Å²) in [5.74, 6) is 0.116. The van der Waals surface area contributed by atoms with Crippen LogP contribution < -0.4 is 0 Å². The lowest BCUT2D eigenvalue weighted by atomic mass is 10.0. The number of aryl methyl sites for hydroxylation is 2. The molecule has 5 heteroatoms. The van der Waals surface area contributed by atoms with Gasteiger partial charge in [-0.1, -0.05) is 22.9 Å². The maximum absolute atomic E-state index is 12.6. The molecule has 1 aromatic carbocycles. The maximum Gasteiger partial charge on any atom is 0.254 e. The third-order valence-corrected chi connectivity index (χ3v) is 3.88. The Labute approximate surface area is 118 Å². The molecule has 1 aliphatic heterocycles. The van der Waals surface area contributed by atoms with Crippen molar-refractivity contribution in [1.82, 2.24) is 19.9 Å². The van der Waals surface area contributed by atoms with Crippen LogP contribution >= 0.6 is 0 Å². The van der Waals surface area contributed by atoms with Crippen LogP contribution in [-0.2, 0) is 0 Å². The Bertz CT molecular complexity index is 621. The summed E-state index contributed by atoms with van der Waals surface area (Å²) in [7, 11) is 0. The van der Waals surface area contributed by atoms with Crippen LogP contribution in [0.2, 0.25) is 0 Å². The van der Waals surface area contributed by atoms with E-state index in [1.54, 1.807) is 6.20 Å². The van der Waals surface area contributed by atoms with E-state index in [0.29, 0.717) is 6.54 Å². The van der Waals surface area contributed by atoms with Gasteiger partial charge in [-0.25, -0.2) is 4.68 Å². The normalized spacial score (nSPS) is 18.5. The van der Waals surface area contributed by atoms with Gasteiger partial charge < -0.3 is 4.90 Å². The third kappa shape index (κ3) is 2.31. The Kier molecular flexibility index (Phi) is 3.26. The van der Waals surface area contributed by atoms with Gasteiger partial charge in [-0.3, -0.25) is 4.79 Å². The number of carbonyl (C=O) groups is 1. The number of amides is 1. The molecule has 1 fully saturated rings. The predicted octanol–water partition coefficient (Wildman–Crippen LogP) is 1.98. The fourth-order valence-corrected chi connectivity index (χ4v) is 2.78. The van der Waals surface area contributed by atoms with Crippen molar-refractivity contribution in [2.75, 3.05) is 13.1 Å². The first-order valence-electron chi connectivity index (χ1n) is 6.87. The zero-order chi connectivity index (χ0) is 14.1. The second-order valence-electron chi connectivity index (χ2n) is 5.40. The van der Waals surface area contributed by atoms with Crippen LogP contribution in [0.4, 0.5) is 0 Å². The van der Waals surface area contributed by atoms with Crippen LogP contribution in [0.15, 0.2) is 30.6 Å². The zero-order valence-electron chi connectivity index (χ0n) is 11.8. The Morgan fingerprint density at radius 1 is 1.35 bits per heavy atom. The maximum atomic E-state index is 12.6. The first kappa shape index (κ1) is 12.8. The Morgan fingerprint density at radius 2 is 2.20 bits per heavy atom. The molecule has 0 bridgehead atoms. The van der Waals surface area contributed by atoms with Crippen LogP contribution in [0.1, 0.15) is 33.9 Å². The van der Waals surface area contributed by atoms with E-state index in [0.717, 1.165) is 24.1 Å². The lowest BCUT2D eigenvalue weighted by molar-refractivity contribution is 0.0786. The van der Waals surface area contributed by atoms with Crippen LogP contribution in [0.3, 0.4) is 0 Å². The molecule has 0 spiro atoms. The first-order chi connectivity index (χ1) is 9.65. The molecule has 5 nitrogen and oxygen atoms in total. The molecular formula is C15H18N4O. The van der Waals surface area contributed by atoms with E-state index in [2.05, 4.69) is 16.4 Å². The molecule has 104 valence electrons. The van der Waals surface area contributed by atoms with Crippen LogP contribution in [0.5, 0.6) is 0 Å². The van der Waals surface area contributed by atoms with E-state index in [-0.39, 0.29) is 11.9 Å². The highest BCUT2D eigenvalue weighted by atomic mass is 16.2. The molecule has 1 amide bonds. The van der Waals surface area contributed by atoms with Crippen molar-refractivity contribution in [2.45, 2.75) is 26.3 Å². The molecule has 0 N–H and O–H groups in total. The number of hydrogen-bond acceptors (Lipinski definition) is 3. The number of carbonyl (C=O) groups excluding carboxylic acids is 1. The van der Waals surface area contributed by atoms with Gasteiger partial charge in [-0.2, -0.15) is 0 Å². The van der Waals surface area contributed by atoms with Gasteiger partial charge >= 0.3 is 0 Å². The van der Waals surface area contributed by atoms with Crippen molar-refractivity contribution in [3.63, 3.8) is 0 Å². The lowest BCUT2D eigenvalue weighted by Gasteiger charge is -2.18. The number of aromatic nitrogens is 3. The van der Waals surface area contributed by atoms with Gasteiger partial charge in [0.25, 0.3) is 5.91 Å². The summed E-state index contributed by atoms with van der Waals surface area (Å²) < 4.78 is 1.84. The summed E-state index contributed by atoms with van der Waals surface area (Å²) in [6.45, 7) is 5.51. The molecule has 1 atom stereocenters. The van der Waals surface area contributed by atoms with Gasteiger partial charge in [-0.05, 0) is 31.9 Å². The van der Waals surface area contributed by atoms with Crippen molar-refractivity contribution < 1.29 is 4.79 Å². The summed E-state index contributed by atoms with van der Waals surface area (Å²) in [6, 6.07) is 6.21. The minimum atomic E-state index is 0.116. The van der Waals surface area contributed by atoms with E-state index < -0.39 is 0 Å². The van der Waals surface area contributed by atoms with E-state index in [1.807, 2.05) is 41.8 Å². The Balaban J connectivity index is 1.76. The number of benzene rings is 1. The summed E-state index contributed by atoms with van der Waals surface area (Å²) in [5.41, 5.74) is 3.02. The van der Waals surface area contributed by atoms with Gasteiger partial charge in [-0.15, -0.1) is 5.10 Å². The summed E-state index contributed by atoms with van der Waals surface area (Å²) in [6.07, 6.45) is 4.46. The fourth-order valence-electron chi connectivity index (χ4n) is 2.78. The molecule has 1 aromatic heterocycles. The monoisotopic (exact) mass is 270 g/mol. The highest BCUT2D eigenvalue weighted by Gasteiger charge is 2.28. The van der Waals surface area contributed by atoms with E-state index >= 15 is 0 Å². The molecule has 1 unspecified atom stereocenters. The summed E-state index contributed by atoms with van der Waals surface area (Å²) in [5, 5.41) is 7.85. The van der Waals surface area contributed by atoms with Crippen molar-refractivity contribution in [3.8, 4) is 0 Å². The third-order valence-electron chi connectivity index (χ3n) is 3.88. The number of nitrogens with zero attached hydrogens (tertiary/aromatic N) is 4. The molecule has 3 rings (SSSR count). The second kappa shape index (κ2) is 5.07. The van der Waals surface area contributed by atoms with Gasteiger partial charge in [0.05, 0.1) is 12.2 Å². The van der Waals surface area contributed by atoms with Crippen molar-refractivity contribution in [3.05, 3.63) is 47.3 Å². The molecule has 0 saturated carbocycles. The minimum Gasteiger partial charge on any atom is -0.336 e. The number of rotatable bonds is 2. The minimum absolute atomic E-state index is 0.116. The average molecular weight is 270 g/mol. The molecule has 0 radical (unpaired) electrons. The number of likely N-dealkylation sites (tertiary alicyclic amines) is 1. The van der Waals surface area contributed by atoms with Gasteiger partial charge in [0, 0.05) is 24.8 Å². The van der Waals surface area contributed by atoms with Gasteiger partial charge in [0.1, 0.15) is 0 Å². The highest BCUT2D eigenvalue weighted by Crippen LogP contribution is 2.23. The first-order valence-corrected chi connectivity index (χ1v) is 6.87. The predicted molar refractivity (Wildman–Crippen MR) is 75.5 cm³/mol. The molecule has 0 aliphatic carbocycles. The van der Waals surface area contributed by atoms with Crippen LogP contribution in [0.25, 0.3) is 0 Å². The van der Waals surface area contributed by atoms with Crippen molar-refractivity contribution in [2.24, 2.45) is 0 Å². The van der Waals surface area contributed by atoms with Crippen molar-refractivity contribution >= 4 is 5.91 Å². The molecule has 2 aromatic rings. The topological polar surface area (TPSA) is 51.0 Å². The lowest BCUT2D eigenvalue weighted by Crippen LogP contribution is -2.29. The van der Waals surface area contributed by atoms with Crippen LogP contribution in [0, 0.1) is 13.8 Å². The van der Waals surface area contributed by atoms with Crippen LogP contribution in [-0.4, -0.2) is 38.9 Å². The SMILES string of the molecule is Cc1ccc(C(=O)N2CCC(n3ccnn3)C2)c(C)c1. The highest BCUT2D eigenvalue weighted by molar-refractivity contribution is 5.95. The standard InChI is InChI=1S/C15H18N4O/c1-11-3-4-14(12(2)9-11)15(20)18-7-5-13(10-18)19-8-6-16-17-19/h3-4,6,8-9,13H,5,7,10H2,1-2H3. The molecule has 20 heavy (non-hydrogen) atoms. The Hall–Kier alpha value is -2.17. The molecular weight excluding hydrogens is 252 g/mol. The second-order valence-corrected chi connectivity index (χ2v) is 5.40. The zero-order valence-corrected chi connectivity index (χ0v) is 11.8. The van der Waals surface area contributed by atoms with Crippen molar-refractivity contribution in [1.29, 1.82) is 0 Å². The quantitative estimate of drug-likeness (QED) is 0.838. The van der Waals surface area contributed by atoms with Gasteiger partial charge in [0.15, 0.2) is 0 Å². The Morgan fingerprint density at radius 3 is 2.90 bits per heavy atom. The summed E-state index contributed by atoms with van der Waals surface area (Å²) in [4.78, 5) is 14.5. The van der Waals surface area contributed by atoms with Gasteiger partial charge in [0.2, 0.25) is 0 Å². The fraction of sp³-hybridized carbons (Fsp3) is 0.400. The summed E-state index contributed by atoms with van der Waals surface area (Å²) >= 11 is 0. The molecule has 1 saturated heterocycles. The van der Waals surface area contributed by atoms with E-state index in [9.17, 15) is 4.79 Å². The number of hydrogen-bond donors (Lipinski definition) is 0. The molecule has 2 heterocycles.